The van der Waals surface area contributed by atoms with Gasteiger partial charge in [-0.2, -0.15) is 13.2 Å². The topological polar surface area (TPSA) is 29.5 Å². The number of carbonyl (C=O) groups excluding carboxylic acids is 1. The smallest absolute Gasteiger partial charge is 0.401 e. The summed E-state index contributed by atoms with van der Waals surface area (Å²) in [4.78, 5) is 12.5. The molecular formula is C13H24F3NO2. The molecule has 0 aromatic carbocycles. The van der Waals surface area contributed by atoms with E-state index in [4.69, 9.17) is 4.74 Å². The number of hydrogen-bond acceptors (Lipinski definition) is 3. The third-order valence-electron chi connectivity index (χ3n) is 2.74. The van der Waals surface area contributed by atoms with Crippen LogP contribution in [-0.2, 0) is 9.53 Å². The van der Waals surface area contributed by atoms with Crippen molar-refractivity contribution in [2.45, 2.75) is 58.7 Å². The van der Waals surface area contributed by atoms with Gasteiger partial charge in [-0.15, -0.1) is 0 Å². The zero-order valence-electron chi connectivity index (χ0n) is 11.9. The maximum absolute atomic E-state index is 12.3. The summed E-state index contributed by atoms with van der Waals surface area (Å²) in [5.74, 6) is -0.237. The van der Waals surface area contributed by atoms with Gasteiger partial charge in [0.2, 0.25) is 0 Å². The molecule has 0 saturated heterocycles. The SMILES string of the molecule is CCOC(=O)CCCCCN(CC(F)(F)F)C(C)C. The number of ether oxygens (including phenoxy) is 1. The fraction of sp³-hybridized carbons (Fsp3) is 0.923. The highest BCUT2D eigenvalue weighted by Crippen LogP contribution is 2.18. The molecule has 0 N–H and O–H groups in total. The van der Waals surface area contributed by atoms with E-state index in [2.05, 4.69) is 0 Å². The van der Waals surface area contributed by atoms with E-state index in [-0.39, 0.29) is 12.0 Å². The maximum atomic E-state index is 12.3. The van der Waals surface area contributed by atoms with E-state index in [0.29, 0.717) is 32.4 Å². The molecule has 0 unspecified atom stereocenters. The molecule has 0 amide bonds. The summed E-state index contributed by atoms with van der Waals surface area (Å²) < 4.78 is 41.8. The average molecular weight is 283 g/mol. The van der Waals surface area contributed by atoms with Crippen LogP contribution in [0, 0.1) is 0 Å². The molecule has 0 bridgehead atoms. The molecule has 0 fully saturated rings. The molecule has 0 heterocycles. The lowest BCUT2D eigenvalue weighted by molar-refractivity contribution is -0.149. The van der Waals surface area contributed by atoms with Crippen molar-refractivity contribution in [1.29, 1.82) is 0 Å². The van der Waals surface area contributed by atoms with Crippen LogP contribution in [0.1, 0.15) is 46.5 Å². The fourth-order valence-corrected chi connectivity index (χ4v) is 1.74. The summed E-state index contributed by atoms with van der Waals surface area (Å²) in [6.45, 7) is 5.15. The van der Waals surface area contributed by atoms with Crippen molar-refractivity contribution < 1.29 is 22.7 Å². The number of carbonyl (C=O) groups is 1. The summed E-state index contributed by atoms with van der Waals surface area (Å²) in [6.07, 6.45) is -1.76. The molecule has 0 rings (SSSR count). The van der Waals surface area contributed by atoms with E-state index in [9.17, 15) is 18.0 Å². The van der Waals surface area contributed by atoms with Crippen LogP contribution in [0.2, 0.25) is 0 Å². The molecule has 0 atom stereocenters. The van der Waals surface area contributed by atoms with Crippen LogP contribution in [0.5, 0.6) is 0 Å². The molecule has 0 aliphatic carbocycles. The fourth-order valence-electron chi connectivity index (χ4n) is 1.74. The highest BCUT2D eigenvalue weighted by molar-refractivity contribution is 5.69. The van der Waals surface area contributed by atoms with Crippen molar-refractivity contribution in [3.05, 3.63) is 0 Å². The third-order valence-corrected chi connectivity index (χ3v) is 2.74. The lowest BCUT2D eigenvalue weighted by Gasteiger charge is -2.27. The Morgan fingerprint density at radius 2 is 1.84 bits per heavy atom. The Balaban J connectivity index is 3.79. The number of esters is 1. The molecule has 0 aromatic rings. The number of halogens is 3. The molecule has 19 heavy (non-hydrogen) atoms. The van der Waals surface area contributed by atoms with Gasteiger partial charge >= 0.3 is 12.1 Å². The van der Waals surface area contributed by atoms with Crippen LogP contribution in [0.15, 0.2) is 0 Å². The monoisotopic (exact) mass is 283 g/mol. The Morgan fingerprint density at radius 3 is 2.32 bits per heavy atom. The molecule has 6 heteroatoms. The van der Waals surface area contributed by atoms with Gasteiger partial charge in [-0.3, -0.25) is 9.69 Å². The van der Waals surface area contributed by atoms with Gasteiger partial charge in [0.25, 0.3) is 0 Å². The highest BCUT2D eigenvalue weighted by atomic mass is 19.4. The van der Waals surface area contributed by atoms with Crippen molar-refractivity contribution in [2.24, 2.45) is 0 Å². The molecular weight excluding hydrogens is 259 g/mol. The molecule has 0 aromatic heterocycles. The van der Waals surface area contributed by atoms with Gasteiger partial charge < -0.3 is 4.74 Å². The van der Waals surface area contributed by atoms with Crippen LogP contribution in [0.25, 0.3) is 0 Å². The van der Waals surface area contributed by atoms with Crippen LogP contribution < -0.4 is 0 Å². The summed E-state index contributed by atoms with van der Waals surface area (Å²) in [7, 11) is 0. The normalized spacial score (nSPS) is 12.2. The first-order valence-electron chi connectivity index (χ1n) is 6.72. The van der Waals surface area contributed by atoms with Gasteiger partial charge in [-0.1, -0.05) is 6.42 Å². The lowest BCUT2D eigenvalue weighted by atomic mass is 10.1. The minimum atomic E-state index is -4.16. The van der Waals surface area contributed by atoms with Gasteiger partial charge in [0.15, 0.2) is 0 Å². The first-order valence-corrected chi connectivity index (χ1v) is 6.72. The van der Waals surface area contributed by atoms with Crippen LogP contribution in [-0.4, -0.2) is 42.8 Å². The second kappa shape index (κ2) is 9.18. The molecule has 114 valence electrons. The quantitative estimate of drug-likeness (QED) is 0.480. The molecule has 0 saturated carbocycles. The maximum Gasteiger partial charge on any atom is 0.401 e. The van der Waals surface area contributed by atoms with E-state index in [1.807, 2.05) is 0 Å². The Morgan fingerprint density at radius 1 is 1.21 bits per heavy atom. The first kappa shape index (κ1) is 18.2. The summed E-state index contributed by atoms with van der Waals surface area (Å²) in [6, 6.07) is -0.133. The lowest BCUT2D eigenvalue weighted by Crippen LogP contribution is -2.39. The zero-order chi connectivity index (χ0) is 14.9. The van der Waals surface area contributed by atoms with E-state index in [0.717, 1.165) is 6.42 Å². The van der Waals surface area contributed by atoms with Crippen molar-refractivity contribution in [1.82, 2.24) is 4.90 Å². The van der Waals surface area contributed by atoms with E-state index in [1.165, 1.54) is 4.90 Å². The number of unbranched alkanes of at least 4 members (excludes halogenated alkanes) is 2. The summed E-state index contributed by atoms with van der Waals surface area (Å²) in [5.41, 5.74) is 0. The van der Waals surface area contributed by atoms with Crippen LogP contribution in [0.4, 0.5) is 13.2 Å². The van der Waals surface area contributed by atoms with Gasteiger partial charge in [0.05, 0.1) is 13.2 Å². The van der Waals surface area contributed by atoms with Crippen molar-refractivity contribution in [3.8, 4) is 0 Å². The summed E-state index contributed by atoms with van der Waals surface area (Å²) in [5, 5.41) is 0. The predicted octanol–water partition coefficient (Wildman–Crippen LogP) is 3.38. The van der Waals surface area contributed by atoms with Crippen molar-refractivity contribution >= 4 is 5.97 Å². The number of hydrogen-bond donors (Lipinski definition) is 0. The third kappa shape index (κ3) is 10.8. The molecule has 0 spiro atoms. The average Bonchev–Trinajstić information content (AvgIpc) is 2.25. The van der Waals surface area contributed by atoms with E-state index in [1.54, 1.807) is 20.8 Å². The number of rotatable bonds is 9. The van der Waals surface area contributed by atoms with Gasteiger partial charge in [0, 0.05) is 12.5 Å². The Kier molecular flexibility index (Phi) is 8.80. The summed E-state index contributed by atoms with van der Waals surface area (Å²) >= 11 is 0. The first-order chi connectivity index (χ1) is 8.76. The minimum absolute atomic E-state index is 0.133. The van der Waals surface area contributed by atoms with E-state index < -0.39 is 12.7 Å². The standard InChI is InChI=1S/C13H24F3NO2/c1-4-19-12(18)8-6-5-7-9-17(11(2)3)10-13(14,15)16/h11H,4-10H2,1-3H3. The van der Waals surface area contributed by atoms with Gasteiger partial charge in [0.1, 0.15) is 0 Å². The second-order valence-electron chi connectivity index (χ2n) is 4.80. The second-order valence-corrected chi connectivity index (χ2v) is 4.80. The van der Waals surface area contributed by atoms with Crippen LogP contribution in [0.3, 0.4) is 0 Å². The number of alkyl halides is 3. The van der Waals surface area contributed by atoms with Crippen LogP contribution >= 0.6 is 0 Å². The number of nitrogens with zero attached hydrogens (tertiary/aromatic N) is 1. The van der Waals surface area contributed by atoms with Crippen molar-refractivity contribution in [2.75, 3.05) is 19.7 Å². The molecule has 3 nitrogen and oxygen atoms in total. The zero-order valence-corrected chi connectivity index (χ0v) is 11.9. The van der Waals surface area contributed by atoms with Crippen molar-refractivity contribution in [3.63, 3.8) is 0 Å². The molecule has 0 aliphatic rings. The molecule has 0 radical (unpaired) electrons. The predicted molar refractivity (Wildman–Crippen MR) is 67.9 cm³/mol. The molecule has 0 aliphatic heterocycles. The highest BCUT2D eigenvalue weighted by Gasteiger charge is 2.31. The van der Waals surface area contributed by atoms with Gasteiger partial charge in [-0.25, -0.2) is 0 Å². The largest absolute Gasteiger partial charge is 0.466 e. The van der Waals surface area contributed by atoms with E-state index >= 15 is 0 Å². The minimum Gasteiger partial charge on any atom is -0.466 e. The Labute approximate surface area is 113 Å². The Hall–Kier alpha value is -0.780. The Bertz CT molecular complexity index is 255. The van der Waals surface area contributed by atoms with Gasteiger partial charge in [-0.05, 0) is 40.2 Å².